The van der Waals surface area contributed by atoms with Gasteiger partial charge in [-0.15, -0.1) is 0 Å². The van der Waals surface area contributed by atoms with Gasteiger partial charge in [0, 0.05) is 0 Å². The summed E-state index contributed by atoms with van der Waals surface area (Å²) in [6.07, 6.45) is 3.52. The predicted octanol–water partition coefficient (Wildman–Crippen LogP) is 1.58. The van der Waals surface area contributed by atoms with Crippen LogP contribution in [0.4, 0.5) is 4.79 Å². The molecule has 1 aromatic heterocycles. The number of imide groups is 1. The second-order valence-electron chi connectivity index (χ2n) is 8.77. The minimum absolute atomic E-state index is 0.0940. The maximum Gasteiger partial charge on any atom is 0.326 e. The van der Waals surface area contributed by atoms with Gasteiger partial charge in [0.05, 0.1) is 12.8 Å². The van der Waals surface area contributed by atoms with Gasteiger partial charge in [-0.25, -0.2) is 4.79 Å². The molecule has 29 heavy (non-hydrogen) atoms. The standard InChI is InChI=1S/C20H27N3O6/c1-13-7-19(2,3)12-20(8-13)17(26)23(18(27)22-20)10-16(25)29-11-15(24)21-9-14-5-4-6-28-14/h4-6,13H,7-12H2,1-3H3,(H,21,24)(H,22,27)/t13-,20-/m1/s1. The molecule has 0 bridgehead atoms. The summed E-state index contributed by atoms with van der Waals surface area (Å²) < 4.78 is 10.0. The van der Waals surface area contributed by atoms with Crippen molar-refractivity contribution in [3.8, 4) is 0 Å². The summed E-state index contributed by atoms with van der Waals surface area (Å²) in [7, 11) is 0. The monoisotopic (exact) mass is 405 g/mol. The number of furan rings is 1. The molecule has 9 heteroatoms. The van der Waals surface area contributed by atoms with Crippen molar-refractivity contribution in [3.63, 3.8) is 0 Å². The van der Waals surface area contributed by atoms with Crippen molar-refractivity contribution in [2.24, 2.45) is 11.3 Å². The van der Waals surface area contributed by atoms with Crippen LogP contribution in [0.25, 0.3) is 0 Å². The van der Waals surface area contributed by atoms with E-state index in [2.05, 4.69) is 31.4 Å². The third-order valence-electron chi connectivity index (χ3n) is 5.32. The highest BCUT2D eigenvalue weighted by molar-refractivity contribution is 6.08. The van der Waals surface area contributed by atoms with E-state index in [0.717, 1.165) is 11.3 Å². The Balaban J connectivity index is 1.52. The molecule has 2 aliphatic rings. The molecule has 158 valence electrons. The minimum atomic E-state index is -0.973. The molecule has 2 fully saturated rings. The number of rotatable bonds is 6. The normalized spacial score (nSPS) is 25.8. The molecular formula is C20H27N3O6. The molecule has 1 aliphatic carbocycles. The van der Waals surface area contributed by atoms with E-state index < -0.39 is 42.5 Å². The lowest BCUT2D eigenvalue weighted by Crippen LogP contribution is -2.54. The fourth-order valence-corrected chi connectivity index (χ4v) is 4.62. The topological polar surface area (TPSA) is 118 Å². The number of nitrogens with one attached hydrogen (secondary N) is 2. The molecular weight excluding hydrogens is 378 g/mol. The number of urea groups is 1. The van der Waals surface area contributed by atoms with E-state index in [4.69, 9.17) is 9.15 Å². The molecule has 1 saturated heterocycles. The molecule has 1 spiro atoms. The summed E-state index contributed by atoms with van der Waals surface area (Å²) in [5.74, 6) is -0.888. The molecule has 2 N–H and O–H groups in total. The summed E-state index contributed by atoms with van der Waals surface area (Å²) in [5, 5.41) is 5.34. The summed E-state index contributed by atoms with van der Waals surface area (Å²) in [6.45, 7) is 5.35. The number of carbonyl (C=O) groups is 4. The largest absolute Gasteiger partial charge is 0.467 e. The van der Waals surface area contributed by atoms with Crippen molar-refractivity contribution in [1.29, 1.82) is 0 Å². The Morgan fingerprint density at radius 1 is 1.34 bits per heavy atom. The van der Waals surface area contributed by atoms with Crippen molar-refractivity contribution in [2.45, 2.75) is 52.1 Å². The lowest BCUT2D eigenvalue weighted by molar-refractivity contribution is -0.151. The number of nitrogens with zero attached hydrogens (tertiary/aromatic N) is 1. The van der Waals surface area contributed by atoms with Crippen molar-refractivity contribution in [2.75, 3.05) is 13.2 Å². The van der Waals surface area contributed by atoms with Gasteiger partial charge in [-0.2, -0.15) is 0 Å². The first-order chi connectivity index (χ1) is 13.6. The van der Waals surface area contributed by atoms with Crippen LogP contribution in [-0.4, -0.2) is 47.4 Å². The first-order valence-corrected chi connectivity index (χ1v) is 9.69. The predicted molar refractivity (Wildman–Crippen MR) is 101 cm³/mol. The summed E-state index contributed by atoms with van der Waals surface area (Å²) >= 11 is 0. The summed E-state index contributed by atoms with van der Waals surface area (Å²) in [6, 6.07) is 2.80. The quantitative estimate of drug-likeness (QED) is 0.548. The van der Waals surface area contributed by atoms with Gasteiger partial charge in [0.15, 0.2) is 6.61 Å². The van der Waals surface area contributed by atoms with Crippen LogP contribution in [0, 0.1) is 11.3 Å². The first kappa shape index (κ1) is 20.9. The van der Waals surface area contributed by atoms with Crippen LogP contribution in [0.3, 0.4) is 0 Å². The van der Waals surface area contributed by atoms with Gasteiger partial charge in [-0.05, 0) is 42.7 Å². The third kappa shape index (κ3) is 4.78. The Bertz CT molecular complexity index is 803. The third-order valence-corrected chi connectivity index (χ3v) is 5.32. The van der Waals surface area contributed by atoms with E-state index in [1.807, 2.05) is 0 Å². The Labute approximate surface area is 169 Å². The lowest BCUT2D eigenvalue weighted by Gasteiger charge is -2.43. The van der Waals surface area contributed by atoms with Gasteiger partial charge in [-0.1, -0.05) is 20.8 Å². The minimum Gasteiger partial charge on any atom is -0.467 e. The highest BCUT2D eigenvalue weighted by Gasteiger charge is 2.56. The van der Waals surface area contributed by atoms with Crippen molar-refractivity contribution in [1.82, 2.24) is 15.5 Å². The molecule has 2 atom stereocenters. The number of hydrogen-bond acceptors (Lipinski definition) is 6. The molecule has 1 aromatic rings. The smallest absolute Gasteiger partial charge is 0.326 e. The number of carbonyl (C=O) groups excluding carboxylic acids is 4. The second-order valence-corrected chi connectivity index (χ2v) is 8.77. The summed E-state index contributed by atoms with van der Waals surface area (Å²) in [5.41, 5.74) is -1.07. The lowest BCUT2D eigenvalue weighted by atomic mass is 9.64. The van der Waals surface area contributed by atoms with Crippen LogP contribution in [0.2, 0.25) is 0 Å². The molecule has 0 unspecified atom stereocenters. The van der Waals surface area contributed by atoms with Gasteiger partial charge in [0.25, 0.3) is 11.8 Å². The Morgan fingerprint density at radius 3 is 2.76 bits per heavy atom. The average molecular weight is 405 g/mol. The zero-order valence-electron chi connectivity index (χ0n) is 16.9. The van der Waals surface area contributed by atoms with Gasteiger partial charge >= 0.3 is 12.0 Å². The summed E-state index contributed by atoms with van der Waals surface area (Å²) in [4.78, 5) is 50.1. The second kappa shape index (κ2) is 7.88. The Kier molecular flexibility index (Phi) is 5.68. The van der Waals surface area contributed by atoms with Gasteiger partial charge in [0.1, 0.15) is 17.8 Å². The molecule has 2 heterocycles. The SMILES string of the molecule is C[C@@H]1CC(C)(C)C[C@@]2(C1)NC(=O)N(CC(=O)OCC(=O)NCc1ccco1)C2=O. The molecule has 1 saturated carbocycles. The fraction of sp³-hybridized carbons (Fsp3) is 0.600. The Hall–Kier alpha value is -2.84. The van der Waals surface area contributed by atoms with E-state index in [9.17, 15) is 19.2 Å². The van der Waals surface area contributed by atoms with E-state index in [-0.39, 0.29) is 17.9 Å². The van der Waals surface area contributed by atoms with E-state index in [1.165, 1.54) is 6.26 Å². The van der Waals surface area contributed by atoms with Crippen LogP contribution < -0.4 is 10.6 Å². The number of hydrogen-bond donors (Lipinski definition) is 2. The highest BCUT2D eigenvalue weighted by Crippen LogP contribution is 2.46. The van der Waals surface area contributed by atoms with Crippen LogP contribution >= 0.6 is 0 Å². The van der Waals surface area contributed by atoms with Gasteiger partial charge in [0.2, 0.25) is 0 Å². The first-order valence-electron chi connectivity index (χ1n) is 9.69. The molecule has 1 aliphatic heterocycles. The van der Waals surface area contributed by atoms with E-state index in [1.54, 1.807) is 12.1 Å². The maximum absolute atomic E-state index is 13.0. The number of amides is 4. The average Bonchev–Trinajstić information content (AvgIpc) is 3.19. The fourth-order valence-electron chi connectivity index (χ4n) is 4.62. The molecule has 0 aromatic carbocycles. The molecule has 3 rings (SSSR count). The highest BCUT2D eigenvalue weighted by atomic mass is 16.5. The van der Waals surface area contributed by atoms with E-state index in [0.29, 0.717) is 18.6 Å². The zero-order chi connectivity index (χ0) is 21.2. The number of ether oxygens (including phenoxy) is 1. The van der Waals surface area contributed by atoms with Gasteiger partial charge < -0.3 is 19.8 Å². The van der Waals surface area contributed by atoms with Crippen molar-refractivity contribution < 1.29 is 28.3 Å². The Morgan fingerprint density at radius 2 is 2.10 bits per heavy atom. The van der Waals surface area contributed by atoms with Crippen LogP contribution in [-0.2, 0) is 25.7 Å². The molecule has 4 amide bonds. The zero-order valence-corrected chi connectivity index (χ0v) is 16.9. The van der Waals surface area contributed by atoms with Crippen molar-refractivity contribution >= 4 is 23.8 Å². The van der Waals surface area contributed by atoms with E-state index >= 15 is 0 Å². The van der Waals surface area contributed by atoms with Crippen LogP contribution in [0.5, 0.6) is 0 Å². The molecule has 9 nitrogen and oxygen atoms in total. The van der Waals surface area contributed by atoms with Crippen LogP contribution in [0.1, 0.15) is 45.8 Å². The van der Waals surface area contributed by atoms with Gasteiger partial charge in [-0.3, -0.25) is 19.3 Å². The van der Waals surface area contributed by atoms with Crippen molar-refractivity contribution in [3.05, 3.63) is 24.2 Å². The number of esters is 1. The van der Waals surface area contributed by atoms with Crippen LogP contribution in [0.15, 0.2) is 22.8 Å². The molecule has 0 radical (unpaired) electrons. The maximum atomic E-state index is 13.0.